The quantitative estimate of drug-likeness (QED) is 0.408. The molecule has 0 saturated carbocycles. The Morgan fingerprint density at radius 1 is 1.04 bits per heavy atom. The molecule has 1 heterocycles. The van der Waals surface area contributed by atoms with Gasteiger partial charge in [-0.1, -0.05) is 56.1 Å². The lowest BCUT2D eigenvalue weighted by Crippen LogP contribution is -1.83. The fraction of sp³-hybridized carbons (Fsp3) is 0.0526. The zero-order valence-corrected chi connectivity index (χ0v) is 16.7. The first-order valence-electron chi connectivity index (χ1n) is 7.18. The molecule has 1 aromatic heterocycles. The first kappa shape index (κ1) is 17.1. The lowest BCUT2D eigenvalue weighted by atomic mass is 10.1. The maximum Gasteiger partial charge on any atom is 0.134 e. The topological polar surface area (TPSA) is 36.7 Å². The molecule has 5 heteroatoms. The molecule has 0 fully saturated rings. The van der Waals surface area contributed by atoms with Crippen molar-refractivity contribution in [3.05, 3.63) is 72.9 Å². The standard InChI is InChI=1S/C19H12Br2N2S/c1-12-18(14-4-8-17(21)9-5-14)23-19(24-12)15(11-22)10-13-2-6-16(20)7-3-13/h2-10H,1H3. The zero-order chi connectivity index (χ0) is 17.1. The van der Waals surface area contributed by atoms with E-state index in [1.54, 1.807) is 11.3 Å². The van der Waals surface area contributed by atoms with Crippen LogP contribution >= 0.6 is 43.2 Å². The summed E-state index contributed by atoms with van der Waals surface area (Å²) in [5.74, 6) is 0. The highest BCUT2D eigenvalue weighted by atomic mass is 79.9. The van der Waals surface area contributed by atoms with E-state index in [-0.39, 0.29) is 0 Å². The van der Waals surface area contributed by atoms with E-state index in [0.29, 0.717) is 5.57 Å². The molecule has 0 aliphatic carbocycles. The molecule has 24 heavy (non-hydrogen) atoms. The van der Waals surface area contributed by atoms with Crippen LogP contribution in [0.2, 0.25) is 0 Å². The Morgan fingerprint density at radius 2 is 1.62 bits per heavy atom. The normalized spacial score (nSPS) is 11.3. The van der Waals surface area contributed by atoms with Gasteiger partial charge < -0.3 is 0 Å². The summed E-state index contributed by atoms with van der Waals surface area (Å²) in [5, 5.41) is 10.3. The van der Waals surface area contributed by atoms with Gasteiger partial charge in [-0.05, 0) is 42.8 Å². The van der Waals surface area contributed by atoms with E-state index in [1.165, 1.54) is 0 Å². The van der Waals surface area contributed by atoms with Gasteiger partial charge in [0.15, 0.2) is 0 Å². The number of nitriles is 1. The second-order valence-corrected chi connectivity index (χ2v) is 8.19. The molecule has 0 saturated heterocycles. The molecule has 3 rings (SSSR count). The van der Waals surface area contributed by atoms with Gasteiger partial charge in [-0.3, -0.25) is 0 Å². The Balaban J connectivity index is 1.99. The number of allylic oxidation sites excluding steroid dienone is 1. The molecule has 118 valence electrons. The summed E-state index contributed by atoms with van der Waals surface area (Å²) < 4.78 is 2.05. The molecular formula is C19H12Br2N2S. The summed E-state index contributed by atoms with van der Waals surface area (Å²) in [7, 11) is 0. The van der Waals surface area contributed by atoms with Crippen molar-refractivity contribution in [3.8, 4) is 17.3 Å². The minimum Gasteiger partial charge on any atom is -0.235 e. The van der Waals surface area contributed by atoms with Crippen molar-refractivity contribution < 1.29 is 0 Å². The van der Waals surface area contributed by atoms with Crippen molar-refractivity contribution in [1.29, 1.82) is 5.26 Å². The van der Waals surface area contributed by atoms with Crippen LogP contribution in [-0.2, 0) is 0 Å². The number of hydrogen-bond donors (Lipinski definition) is 0. The second kappa shape index (κ2) is 7.43. The third-order valence-corrected chi connectivity index (χ3v) is 5.51. The molecular weight excluding hydrogens is 448 g/mol. The number of benzene rings is 2. The highest BCUT2D eigenvalue weighted by Gasteiger charge is 2.13. The predicted molar refractivity (Wildman–Crippen MR) is 108 cm³/mol. The Labute approximate surface area is 161 Å². The average Bonchev–Trinajstić information content (AvgIpc) is 2.96. The molecule has 0 unspecified atom stereocenters. The molecule has 0 aliphatic heterocycles. The zero-order valence-electron chi connectivity index (χ0n) is 12.8. The number of hydrogen-bond acceptors (Lipinski definition) is 3. The van der Waals surface area contributed by atoms with E-state index in [0.717, 1.165) is 35.7 Å². The van der Waals surface area contributed by atoms with Gasteiger partial charge >= 0.3 is 0 Å². The minimum absolute atomic E-state index is 0.578. The van der Waals surface area contributed by atoms with Crippen LogP contribution in [0.4, 0.5) is 0 Å². The highest BCUT2D eigenvalue weighted by molar-refractivity contribution is 9.10. The molecule has 0 aliphatic rings. The summed E-state index contributed by atoms with van der Waals surface area (Å²) >= 11 is 8.41. The SMILES string of the molecule is Cc1sc(C(C#N)=Cc2ccc(Br)cc2)nc1-c1ccc(Br)cc1. The van der Waals surface area contributed by atoms with Gasteiger partial charge in [-0.25, -0.2) is 4.98 Å². The van der Waals surface area contributed by atoms with E-state index in [1.807, 2.05) is 61.5 Å². The van der Waals surface area contributed by atoms with Crippen molar-refractivity contribution in [1.82, 2.24) is 4.98 Å². The van der Waals surface area contributed by atoms with E-state index in [9.17, 15) is 5.26 Å². The first-order valence-corrected chi connectivity index (χ1v) is 9.58. The summed E-state index contributed by atoms with van der Waals surface area (Å²) in [6.07, 6.45) is 1.87. The van der Waals surface area contributed by atoms with Crippen molar-refractivity contribution in [3.63, 3.8) is 0 Å². The van der Waals surface area contributed by atoms with Crippen LogP contribution in [0.25, 0.3) is 22.9 Å². The summed E-state index contributed by atoms with van der Waals surface area (Å²) in [5.41, 5.74) is 3.54. The van der Waals surface area contributed by atoms with Crippen molar-refractivity contribution in [2.45, 2.75) is 6.92 Å². The summed E-state index contributed by atoms with van der Waals surface area (Å²) in [4.78, 5) is 5.80. The molecule has 0 atom stereocenters. The molecule has 0 radical (unpaired) electrons. The fourth-order valence-corrected chi connectivity index (χ4v) is 3.69. The number of nitrogens with zero attached hydrogens (tertiary/aromatic N) is 2. The Kier molecular flexibility index (Phi) is 5.30. The molecule has 0 N–H and O–H groups in total. The monoisotopic (exact) mass is 458 g/mol. The molecule has 0 spiro atoms. The van der Waals surface area contributed by atoms with Crippen LogP contribution in [0.3, 0.4) is 0 Å². The first-order chi connectivity index (χ1) is 11.6. The lowest BCUT2D eigenvalue weighted by molar-refractivity contribution is 1.34. The largest absolute Gasteiger partial charge is 0.235 e. The smallest absolute Gasteiger partial charge is 0.134 e. The predicted octanol–water partition coefficient (Wildman–Crippen LogP) is 6.71. The van der Waals surface area contributed by atoms with E-state index >= 15 is 0 Å². The molecule has 3 aromatic rings. The number of aryl methyl sites for hydroxylation is 1. The molecule has 2 aromatic carbocycles. The van der Waals surface area contributed by atoms with Gasteiger partial charge in [0.1, 0.15) is 11.1 Å². The van der Waals surface area contributed by atoms with Crippen LogP contribution in [0.15, 0.2) is 57.5 Å². The minimum atomic E-state index is 0.578. The van der Waals surface area contributed by atoms with Crippen molar-refractivity contribution in [2.75, 3.05) is 0 Å². The number of rotatable bonds is 3. The summed E-state index contributed by atoms with van der Waals surface area (Å²) in [6, 6.07) is 18.2. The Morgan fingerprint density at radius 3 is 2.21 bits per heavy atom. The van der Waals surface area contributed by atoms with E-state index in [2.05, 4.69) is 37.9 Å². The van der Waals surface area contributed by atoms with Gasteiger partial charge in [0.25, 0.3) is 0 Å². The average molecular weight is 460 g/mol. The number of thiazole rings is 1. The van der Waals surface area contributed by atoms with Crippen molar-refractivity contribution in [2.24, 2.45) is 0 Å². The third kappa shape index (κ3) is 3.84. The maximum absolute atomic E-state index is 9.54. The third-order valence-electron chi connectivity index (χ3n) is 3.45. The van der Waals surface area contributed by atoms with Gasteiger partial charge in [0, 0.05) is 19.4 Å². The number of aromatic nitrogens is 1. The summed E-state index contributed by atoms with van der Waals surface area (Å²) in [6.45, 7) is 2.03. The highest BCUT2D eigenvalue weighted by Crippen LogP contribution is 2.32. The number of halogens is 2. The van der Waals surface area contributed by atoms with Gasteiger partial charge in [0.2, 0.25) is 0 Å². The van der Waals surface area contributed by atoms with Crippen LogP contribution in [-0.4, -0.2) is 4.98 Å². The fourth-order valence-electron chi connectivity index (χ4n) is 2.25. The van der Waals surface area contributed by atoms with E-state index < -0.39 is 0 Å². The van der Waals surface area contributed by atoms with E-state index in [4.69, 9.17) is 4.98 Å². The Bertz CT molecular complexity index is 933. The van der Waals surface area contributed by atoms with Crippen molar-refractivity contribution >= 4 is 54.8 Å². The van der Waals surface area contributed by atoms with Crippen LogP contribution in [0.1, 0.15) is 15.4 Å². The molecule has 0 bridgehead atoms. The maximum atomic E-state index is 9.54. The van der Waals surface area contributed by atoms with Gasteiger partial charge in [-0.15, -0.1) is 11.3 Å². The lowest BCUT2D eigenvalue weighted by Gasteiger charge is -1.98. The molecule has 2 nitrogen and oxygen atoms in total. The molecule has 0 amide bonds. The Hall–Kier alpha value is -1.74. The van der Waals surface area contributed by atoms with Crippen LogP contribution in [0.5, 0.6) is 0 Å². The second-order valence-electron chi connectivity index (χ2n) is 5.15. The van der Waals surface area contributed by atoms with Crippen LogP contribution < -0.4 is 0 Å². The van der Waals surface area contributed by atoms with Gasteiger partial charge in [-0.2, -0.15) is 5.26 Å². The van der Waals surface area contributed by atoms with Gasteiger partial charge in [0.05, 0.1) is 11.3 Å². The van der Waals surface area contributed by atoms with Crippen LogP contribution in [0, 0.1) is 18.3 Å².